The number of halogens is 2. The van der Waals surface area contributed by atoms with Crippen LogP contribution in [0.4, 0.5) is 0 Å². The molecule has 68 valence electrons. The van der Waals surface area contributed by atoms with E-state index >= 15 is 0 Å². The molecule has 0 saturated heterocycles. The maximum absolute atomic E-state index is 5.77. The summed E-state index contributed by atoms with van der Waals surface area (Å²) in [6, 6.07) is 7.64. The smallest absolute Gasteiger partial charge is 0.183 e. The van der Waals surface area contributed by atoms with Crippen LogP contribution in [0.1, 0.15) is 12.0 Å². The van der Waals surface area contributed by atoms with Crippen molar-refractivity contribution in [3.05, 3.63) is 34.9 Å². The third kappa shape index (κ3) is 2.14. The highest BCUT2D eigenvalue weighted by molar-refractivity contribution is 14.1. The number of rotatable bonds is 1. The van der Waals surface area contributed by atoms with E-state index in [-0.39, 0.29) is 4.11 Å². The molecule has 1 aliphatic rings. The molecule has 0 bridgehead atoms. The van der Waals surface area contributed by atoms with Gasteiger partial charge >= 0.3 is 0 Å². The van der Waals surface area contributed by atoms with Gasteiger partial charge in [-0.1, -0.05) is 28.9 Å². The Morgan fingerprint density at radius 2 is 2.08 bits per heavy atom. The normalized spacial score (nSPS) is 21.1. The third-order valence-electron chi connectivity index (χ3n) is 1.81. The van der Waals surface area contributed by atoms with Crippen molar-refractivity contribution in [2.24, 2.45) is 5.16 Å². The van der Waals surface area contributed by atoms with Crippen molar-refractivity contribution in [2.45, 2.75) is 10.5 Å². The van der Waals surface area contributed by atoms with E-state index in [1.165, 1.54) is 0 Å². The van der Waals surface area contributed by atoms with E-state index in [0.717, 1.165) is 22.7 Å². The van der Waals surface area contributed by atoms with E-state index in [0.29, 0.717) is 0 Å². The number of benzene rings is 1. The van der Waals surface area contributed by atoms with E-state index in [4.69, 9.17) is 16.4 Å². The Balaban J connectivity index is 2.22. The van der Waals surface area contributed by atoms with Gasteiger partial charge in [-0.15, -0.1) is 0 Å². The first-order valence-electron chi connectivity index (χ1n) is 3.88. The fraction of sp³-hybridized carbons (Fsp3) is 0.222. The van der Waals surface area contributed by atoms with Gasteiger partial charge in [-0.3, -0.25) is 0 Å². The molecule has 1 heterocycles. The predicted octanol–water partition coefficient (Wildman–Crippen LogP) is 3.23. The number of oxime groups is 1. The van der Waals surface area contributed by atoms with Crippen molar-refractivity contribution in [2.75, 3.05) is 0 Å². The second kappa shape index (κ2) is 3.84. The first-order chi connectivity index (χ1) is 6.25. The highest BCUT2D eigenvalue weighted by Crippen LogP contribution is 2.21. The second-order valence-electron chi connectivity index (χ2n) is 2.76. The van der Waals surface area contributed by atoms with Crippen molar-refractivity contribution >= 4 is 39.9 Å². The molecular formula is C9H7ClINO. The van der Waals surface area contributed by atoms with Gasteiger partial charge in [0.2, 0.25) is 0 Å². The summed E-state index contributed by atoms with van der Waals surface area (Å²) in [5, 5.41) is 4.73. The molecule has 1 atom stereocenters. The van der Waals surface area contributed by atoms with Crippen molar-refractivity contribution in [1.29, 1.82) is 0 Å². The maximum atomic E-state index is 5.77. The average molecular weight is 308 g/mol. The van der Waals surface area contributed by atoms with Crippen LogP contribution in [-0.2, 0) is 4.84 Å². The predicted molar refractivity (Wildman–Crippen MR) is 61.5 cm³/mol. The lowest BCUT2D eigenvalue weighted by Gasteiger charge is -1.97. The highest BCUT2D eigenvalue weighted by Gasteiger charge is 2.18. The Kier molecular flexibility index (Phi) is 2.74. The van der Waals surface area contributed by atoms with Crippen molar-refractivity contribution < 1.29 is 4.84 Å². The van der Waals surface area contributed by atoms with Gasteiger partial charge in [0, 0.05) is 11.4 Å². The summed E-state index contributed by atoms with van der Waals surface area (Å²) < 4.78 is 0.170. The van der Waals surface area contributed by atoms with Crippen LogP contribution in [-0.4, -0.2) is 9.82 Å². The summed E-state index contributed by atoms with van der Waals surface area (Å²) in [6.45, 7) is 0. The Bertz CT molecular complexity index is 336. The monoisotopic (exact) mass is 307 g/mol. The van der Waals surface area contributed by atoms with Gasteiger partial charge in [-0.05, 0) is 40.3 Å². The standard InChI is InChI=1S/C9H7ClINO/c10-7-3-1-6(2-4-7)8-5-9(11)13-12-8/h1-4,9H,5H2. The summed E-state index contributed by atoms with van der Waals surface area (Å²) in [5.41, 5.74) is 2.08. The quantitative estimate of drug-likeness (QED) is 0.576. The van der Waals surface area contributed by atoms with Gasteiger partial charge in [0.15, 0.2) is 4.11 Å². The van der Waals surface area contributed by atoms with Crippen molar-refractivity contribution in [3.63, 3.8) is 0 Å². The molecule has 1 aromatic rings. The molecule has 2 rings (SSSR count). The van der Waals surface area contributed by atoms with Crippen LogP contribution in [0.3, 0.4) is 0 Å². The molecule has 1 unspecified atom stereocenters. The molecule has 0 aliphatic carbocycles. The molecule has 2 nitrogen and oxygen atoms in total. The number of hydrogen-bond donors (Lipinski definition) is 0. The van der Waals surface area contributed by atoms with Crippen LogP contribution < -0.4 is 0 Å². The zero-order chi connectivity index (χ0) is 9.26. The summed E-state index contributed by atoms with van der Waals surface area (Å²) in [5.74, 6) is 0. The molecule has 0 spiro atoms. The molecule has 1 aromatic carbocycles. The minimum absolute atomic E-state index is 0.170. The second-order valence-corrected chi connectivity index (χ2v) is 4.59. The van der Waals surface area contributed by atoms with Gasteiger partial charge in [-0.25, -0.2) is 0 Å². The minimum Gasteiger partial charge on any atom is -0.381 e. The van der Waals surface area contributed by atoms with E-state index in [1.807, 2.05) is 24.3 Å². The summed E-state index contributed by atoms with van der Waals surface area (Å²) in [4.78, 5) is 5.09. The van der Waals surface area contributed by atoms with Crippen molar-refractivity contribution in [1.82, 2.24) is 0 Å². The molecular weight excluding hydrogens is 300 g/mol. The summed E-state index contributed by atoms with van der Waals surface area (Å²) >= 11 is 7.99. The zero-order valence-electron chi connectivity index (χ0n) is 6.71. The van der Waals surface area contributed by atoms with Crippen LogP contribution in [0.5, 0.6) is 0 Å². The Hall–Kier alpha value is -0.290. The Morgan fingerprint density at radius 1 is 1.38 bits per heavy atom. The van der Waals surface area contributed by atoms with E-state index in [1.54, 1.807) is 0 Å². The van der Waals surface area contributed by atoms with E-state index < -0.39 is 0 Å². The zero-order valence-corrected chi connectivity index (χ0v) is 9.62. The molecule has 13 heavy (non-hydrogen) atoms. The Morgan fingerprint density at radius 3 is 2.62 bits per heavy atom. The lowest BCUT2D eigenvalue weighted by molar-refractivity contribution is 0.159. The molecule has 4 heteroatoms. The third-order valence-corrected chi connectivity index (χ3v) is 2.73. The van der Waals surface area contributed by atoms with Gasteiger partial charge in [0.25, 0.3) is 0 Å². The Labute approximate surface area is 95.0 Å². The largest absolute Gasteiger partial charge is 0.381 e. The first kappa shape index (κ1) is 9.27. The van der Waals surface area contributed by atoms with E-state index in [9.17, 15) is 0 Å². The summed E-state index contributed by atoms with van der Waals surface area (Å²) in [7, 11) is 0. The number of nitrogens with zero attached hydrogens (tertiary/aromatic N) is 1. The summed E-state index contributed by atoms with van der Waals surface area (Å²) in [6.07, 6.45) is 0.863. The topological polar surface area (TPSA) is 21.6 Å². The maximum Gasteiger partial charge on any atom is 0.183 e. The molecule has 0 amide bonds. The fourth-order valence-corrected chi connectivity index (χ4v) is 1.82. The van der Waals surface area contributed by atoms with Crippen LogP contribution in [0.2, 0.25) is 5.02 Å². The van der Waals surface area contributed by atoms with Gasteiger partial charge in [-0.2, -0.15) is 0 Å². The van der Waals surface area contributed by atoms with Crippen LogP contribution in [0.15, 0.2) is 29.4 Å². The van der Waals surface area contributed by atoms with Gasteiger partial charge in [0.05, 0.1) is 5.71 Å². The highest BCUT2D eigenvalue weighted by atomic mass is 127. The molecule has 0 aromatic heterocycles. The lowest BCUT2D eigenvalue weighted by Crippen LogP contribution is -1.99. The molecule has 0 radical (unpaired) electrons. The minimum atomic E-state index is 0.170. The molecule has 0 saturated carbocycles. The van der Waals surface area contributed by atoms with Crippen LogP contribution in [0.25, 0.3) is 0 Å². The number of alkyl halides is 1. The first-order valence-corrected chi connectivity index (χ1v) is 5.51. The van der Waals surface area contributed by atoms with Gasteiger partial charge in [0.1, 0.15) is 0 Å². The molecule has 1 aliphatic heterocycles. The van der Waals surface area contributed by atoms with E-state index in [2.05, 4.69) is 27.7 Å². The van der Waals surface area contributed by atoms with Crippen molar-refractivity contribution in [3.8, 4) is 0 Å². The van der Waals surface area contributed by atoms with Gasteiger partial charge < -0.3 is 4.84 Å². The number of hydrogen-bond acceptors (Lipinski definition) is 2. The van der Waals surface area contributed by atoms with Crippen LogP contribution in [0, 0.1) is 0 Å². The lowest BCUT2D eigenvalue weighted by atomic mass is 10.1. The average Bonchev–Trinajstić information content (AvgIpc) is 2.53. The van der Waals surface area contributed by atoms with Crippen LogP contribution >= 0.6 is 34.2 Å². The molecule has 0 N–H and O–H groups in total. The SMILES string of the molecule is Clc1ccc(C2=NOC(I)C2)cc1. The molecule has 0 fully saturated rings. The fourth-order valence-electron chi connectivity index (χ4n) is 1.16.